The average molecular weight is 792 g/mol. The number of benzene rings is 1. The Labute approximate surface area is 310 Å². The summed E-state index contributed by atoms with van der Waals surface area (Å²) in [5.74, 6) is -0.441. The third kappa shape index (κ3) is 11.4. The summed E-state index contributed by atoms with van der Waals surface area (Å²) < 4.78 is 68.9. The Morgan fingerprint density at radius 3 is 2.19 bits per heavy atom. The van der Waals surface area contributed by atoms with Gasteiger partial charge in [0, 0.05) is 17.6 Å². The number of alkyl halides is 1. The number of anilines is 1. The van der Waals surface area contributed by atoms with Gasteiger partial charge in [-0.05, 0) is 86.1 Å². The van der Waals surface area contributed by atoms with Gasteiger partial charge >= 0.3 is 31.9 Å². The summed E-state index contributed by atoms with van der Waals surface area (Å²) in [7, 11) is -4.21. The van der Waals surface area contributed by atoms with Gasteiger partial charge in [0.2, 0.25) is 0 Å². The number of carbonyl (C=O) groups is 3. The van der Waals surface area contributed by atoms with Crippen molar-refractivity contribution in [1.82, 2.24) is 9.55 Å². The summed E-state index contributed by atoms with van der Waals surface area (Å²) in [6, 6.07) is 7.94. The van der Waals surface area contributed by atoms with Crippen molar-refractivity contribution in [2.24, 2.45) is 0 Å². The number of halogens is 2. The summed E-state index contributed by atoms with van der Waals surface area (Å²) in [6.45, 7) is 13.8. The Balaban J connectivity index is 1.60. The number of amides is 2. The molecule has 0 spiro atoms. The van der Waals surface area contributed by atoms with Crippen LogP contribution in [0.3, 0.4) is 0 Å². The highest BCUT2D eigenvalue weighted by Crippen LogP contribution is 2.58. The van der Waals surface area contributed by atoms with Crippen molar-refractivity contribution in [3.05, 3.63) is 57.6 Å². The molecule has 0 saturated carbocycles. The van der Waals surface area contributed by atoms with E-state index in [4.69, 9.17) is 44.1 Å². The Kier molecular flexibility index (Phi) is 12.8. The van der Waals surface area contributed by atoms with Crippen molar-refractivity contribution in [3.8, 4) is 0 Å². The lowest BCUT2D eigenvalue weighted by Crippen LogP contribution is -2.45. The summed E-state index contributed by atoms with van der Waals surface area (Å²) >= 11 is 6.94. The maximum absolute atomic E-state index is 16.3. The fourth-order valence-electron chi connectivity index (χ4n) is 4.85. The minimum atomic E-state index is -4.21. The van der Waals surface area contributed by atoms with Gasteiger partial charge in [-0.25, -0.2) is 28.1 Å². The van der Waals surface area contributed by atoms with Crippen molar-refractivity contribution in [2.45, 2.75) is 115 Å². The van der Waals surface area contributed by atoms with Crippen molar-refractivity contribution in [2.75, 3.05) is 18.1 Å². The highest BCUT2D eigenvalue weighted by atomic mass is 35.5. The molecule has 52 heavy (non-hydrogen) atoms. The number of imide groups is 1. The second-order valence-electron chi connectivity index (χ2n) is 14.8. The number of phosphoric acid groups is 1. The molecule has 2 saturated heterocycles. The van der Waals surface area contributed by atoms with E-state index in [9.17, 15) is 23.7 Å². The van der Waals surface area contributed by atoms with Crippen LogP contribution in [0.4, 0.5) is 24.6 Å². The van der Waals surface area contributed by atoms with Crippen LogP contribution in [0.5, 0.6) is 0 Å². The largest absolute Gasteiger partial charge is 0.509 e. The molecule has 0 radical (unpaired) electrons. The van der Waals surface area contributed by atoms with Gasteiger partial charge < -0.3 is 18.9 Å². The Morgan fingerprint density at radius 1 is 1.02 bits per heavy atom. The van der Waals surface area contributed by atoms with E-state index in [1.807, 2.05) is 0 Å². The molecule has 15 nitrogen and oxygen atoms in total. The van der Waals surface area contributed by atoms with E-state index in [1.165, 1.54) is 0 Å². The molecule has 3 heterocycles. The van der Waals surface area contributed by atoms with Crippen LogP contribution in [0.2, 0.25) is 5.02 Å². The van der Waals surface area contributed by atoms with Gasteiger partial charge in [0.25, 0.3) is 0 Å². The van der Waals surface area contributed by atoms with Gasteiger partial charge in [0.1, 0.15) is 22.2 Å². The predicted octanol–water partition coefficient (Wildman–Crippen LogP) is 8.15. The van der Waals surface area contributed by atoms with Gasteiger partial charge in [0.15, 0.2) is 18.1 Å². The van der Waals surface area contributed by atoms with Crippen molar-refractivity contribution >= 4 is 55.3 Å². The minimum Gasteiger partial charge on any atom is -0.443 e. The summed E-state index contributed by atoms with van der Waals surface area (Å²) in [6.07, 6.45) is -6.33. The first-order valence-electron chi connectivity index (χ1n) is 16.3. The molecule has 0 bridgehead atoms. The molecule has 6 atom stereocenters. The van der Waals surface area contributed by atoms with Crippen LogP contribution in [0.25, 0.3) is 0 Å². The van der Waals surface area contributed by atoms with E-state index in [1.54, 1.807) is 86.6 Å². The van der Waals surface area contributed by atoms with E-state index in [2.05, 4.69) is 4.98 Å². The third-order valence-corrected chi connectivity index (χ3v) is 10.1. The maximum Gasteiger partial charge on any atom is 0.509 e. The molecule has 2 aliphatic heterocycles. The molecule has 2 fully saturated rings. The van der Waals surface area contributed by atoms with Crippen molar-refractivity contribution in [3.63, 3.8) is 0 Å². The van der Waals surface area contributed by atoms with Crippen LogP contribution >= 0.6 is 31.2 Å². The Bertz CT molecular complexity index is 1720. The molecule has 288 valence electrons. The molecular weight excluding hydrogens is 748 g/mol. The second-order valence-corrected chi connectivity index (χ2v) is 18.3. The number of phosphoric ester groups is 1. The van der Waals surface area contributed by atoms with Crippen LogP contribution in [-0.2, 0) is 37.1 Å². The van der Waals surface area contributed by atoms with E-state index in [0.717, 1.165) is 28.6 Å². The van der Waals surface area contributed by atoms with Crippen LogP contribution in [-0.4, -0.2) is 75.4 Å². The van der Waals surface area contributed by atoms with Crippen LogP contribution in [0.15, 0.2) is 41.3 Å². The molecule has 4 rings (SSSR count). The predicted molar refractivity (Wildman–Crippen MR) is 189 cm³/mol. The van der Waals surface area contributed by atoms with Crippen LogP contribution in [0.1, 0.15) is 85.8 Å². The first kappa shape index (κ1) is 41.5. The molecule has 0 N–H and O–H groups in total. The molecule has 2 aliphatic rings. The first-order valence-corrected chi connectivity index (χ1v) is 19.1. The van der Waals surface area contributed by atoms with Crippen molar-refractivity contribution < 1.29 is 55.9 Å². The number of aromatic nitrogens is 2. The molecule has 19 heteroatoms. The van der Waals surface area contributed by atoms with Gasteiger partial charge in [-0.1, -0.05) is 23.7 Å². The minimum absolute atomic E-state index is 0.0233. The van der Waals surface area contributed by atoms with Crippen LogP contribution in [0, 0.1) is 0 Å². The SMILES string of the molecule is CC(C)(C)OC(=O)O[C@H]1[C@H](F)[C@H](n2ccc(N(C(=O)OC(C)(C)C)C(=O)OC(C)(C)C)nc2=O)S[C@@H]1COP1(=O)OCCC(c2cccc(Cl)c2)O1. The van der Waals surface area contributed by atoms with E-state index < -0.39 is 90.1 Å². The zero-order chi connectivity index (χ0) is 38.8. The quantitative estimate of drug-likeness (QED) is 0.149. The highest BCUT2D eigenvalue weighted by Gasteiger charge is 2.51. The number of ether oxygens (including phenoxy) is 4. The molecule has 0 aliphatic carbocycles. The second kappa shape index (κ2) is 16.0. The van der Waals surface area contributed by atoms with Crippen molar-refractivity contribution in [1.29, 1.82) is 0 Å². The molecule has 1 aromatic carbocycles. The lowest BCUT2D eigenvalue weighted by Gasteiger charge is -2.30. The smallest absolute Gasteiger partial charge is 0.443 e. The highest BCUT2D eigenvalue weighted by molar-refractivity contribution is 8.00. The lowest BCUT2D eigenvalue weighted by molar-refractivity contribution is -0.0470. The molecule has 2 aromatic rings. The fraction of sp³-hybridized carbons (Fsp3) is 0.606. The molecular formula is C33H44ClFN3O12PS. The zero-order valence-electron chi connectivity index (χ0n) is 30.3. The number of hydrogen-bond donors (Lipinski definition) is 0. The summed E-state index contributed by atoms with van der Waals surface area (Å²) in [5.41, 5.74) is -3.44. The van der Waals surface area contributed by atoms with E-state index in [-0.39, 0.29) is 6.61 Å². The van der Waals surface area contributed by atoms with Gasteiger partial charge in [-0.15, -0.1) is 11.8 Å². The fourth-order valence-corrected chi connectivity index (χ4v) is 8.02. The average Bonchev–Trinajstić information content (AvgIpc) is 3.27. The first-order chi connectivity index (χ1) is 23.9. The number of carbonyl (C=O) groups excluding carboxylic acids is 3. The normalized spacial score (nSPS) is 25.2. The third-order valence-electron chi connectivity index (χ3n) is 6.86. The van der Waals surface area contributed by atoms with E-state index >= 15 is 4.39 Å². The number of hydrogen-bond acceptors (Lipinski definition) is 14. The van der Waals surface area contributed by atoms with Gasteiger partial charge in [-0.2, -0.15) is 9.88 Å². The maximum atomic E-state index is 16.3. The number of thioether (sulfide) groups is 1. The number of rotatable bonds is 7. The summed E-state index contributed by atoms with van der Waals surface area (Å²) in [4.78, 5) is 56.7. The Morgan fingerprint density at radius 2 is 1.63 bits per heavy atom. The topological polar surface area (TPSA) is 171 Å². The number of nitrogens with zero attached hydrogens (tertiary/aromatic N) is 3. The van der Waals surface area contributed by atoms with Gasteiger partial charge in [-0.3, -0.25) is 18.1 Å². The lowest BCUT2D eigenvalue weighted by atomic mass is 10.1. The van der Waals surface area contributed by atoms with Gasteiger partial charge in [0.05, 0.1) is 24.6 Å². The standard InChI is InChI=1S/C33H44ClFN3O12PS/c1-31(2,3)47-28(40)38(29(41)48-32(4,5)6)23-13-15-37(27(39)36-23)26-24(35)25(46-30(42)49-33(7,8)9)22(52-26)18-45-51(43)44-16-14-21(50-51)19-11-10-12-20(34)17-19/h10-13,15,17,21-22,24-26H,14,16,18H2,1-9H3/t21?,22-,24+,25-,26-,51?/m1/s1. The molecule has 2 unspecified atom stereocenters. The summed E-state index contributed by atoms with van der Waals surface area (Å²) in [5, 5.41) is -1.99. The monoisotopic (exact) mass is 791 g/mol. The molecule has 1 aromatic heterocycles. The van der Waals surface area contributed by atoms with E-state index in [0.29, 0.717) is 21.9 Å². The molecule has 2 amide bonds. The van der Waals surface area contributed by atoms with Crippen LogP contribution < -0.4 is 10.6 Å². The zero-order valence-corrected chi connectivity index (χ0v) is 32.8. The Hall–Kier alpha value is -3.21.